The van der Waals surface area contributed by atoms with Crippen molar-refractivity contribution >= 4 is 17.3 Å². The van der Waals surface area contributed by atoms with Crippen LogP contribution in [0.15, 0.2) is 65.5 Å². The maximum Gasteiger partial charge on any atom is 0.267 e. The van der Waals surface area contributed by atoms with Crippen LogP contribution in [0.2, 0.25) is 0 Å². The molecule has 4 rings (SSSR count). The van der Waals surface area contributed by atoms with Gasteiger partial charge in [-0.25, -0.2) is 9.07 Å². The van der Waals surface area contributed by atoms with E-state index in [-0.39, 0.29) is 18.8 Å². The first-order chi connectivity index (χ1) is 15.4. The molecule has 1 aliphatic rings. The van der Waals surface area contributed by atoms with Crippen molar-refractivity contribution in [2.45, 2.75) is 32.6 Å². The molecule has 1 aromatic heterocycles. The summed E-state index contributed by atoms with van der Waals surface area (Å²) in [5, 5.41) is 6.93. The molecule has 0 saturated carbocycles. The molecule has 0 radical (unpaired) electrons. The van der Waals surface area contributed by atoms with Gasteiger partial charge in [0.25, 0.3) is 5.56 Å². The zero-order chi connectivity index (χ0) is 22.7. The molecule has 1 aliphatic heterocycles. The molecule has 1 amide bonds. The Bertz CT molecular complexity index is 1160. The van der Waals surface area contributed by atoms with Crippen molar-refractivity contribution < 1.29 is 13.9 Å². The van der Waals surface area contributed by atoms with Crippen LogP contribution in [0.5, 0.6) is 0 Å². The Kier molecular flexibility index (Phi) is 6.32. The number of aromatic nitrogens is 2. The fourth-order valence-corrected chi connectivity index (χ4v) is 3.88. The lowest BCUT2D eigenvalue weighted by atomic mass is 10.1. The fourth-order valence-electron chi connectivity index (χ4n) is 3.88. The van der Waals surface area contributed by atoms with Gasteiger partial charge in [0.05, 0.1) is 23.6 Å². The Hall–Kier alpha value is -3.52. The summed E-state index contributed by atoms with van der Waals surface area (Å²) < 4.78 is 21.6. The Balaban J connectivity index is 1.46. The lowest BCUT2D eigenvalue weighted by molar-refractivity contribution is -0.117. The highest BCUT2D eigenvalue weighted by Gasteiger charge is 2.24. The SMILES string of the molecule is CC1CN(c2ccc(NC(=O)Cn3nc(-c4ccccc4)ccc3=O)cc2F)CC(C)O1. The largest absolute Gasteiger partial charge is 0.372 e. The number of amides is 1. The molecule has 2 heterocycles. The van der Waals surface area contributed by atoms with Gasteiger partial charge in [-0.3, -0.25) is 9.59 Å². The Morgan fingerprint density at radius 3 is 2.50 bits per heavy atom. The van der Waals surface area contributed by atoms with Crippen LogP contribution in [0.25, 0.3) is 11.3 Å². The van der Waals surface area contributed by atoms with Gasteiger partial charge < -0.3 is 15.0 Å². The third-order valence-electron chi connectivity index (χ3n) is 5.22. The summed E-state index contributed by atoms with van der Waals surface area (Å²) >= 11 is 0. The molecule has 2 atom stereocenters. The van der Waals surface area contributed by atoms with Gasteiger partial charge in [-0.2, -0.15) is 5.10 Å². The molecule has 2 unspecified atom stereocenters. The number of rotatable bonds is 5. The summed E-state index contributed by atoms with van der Waals surface area (Å²) in [6, 6.07) is 17.0. The highest BCUT2D eigenvalue weighted by Crippen LogP contribution is 2.26. The average Bonchev–Trinajstić information content (AvgIpc) is 2.75. The first-order valence-corrected chi connectivity index (χ1v) is 10.5. The van der Waals surface area contributed by atoms with Crippen LogP contribution < -0.4 is 15.8 Å². The van der Waals surface area contributed by atoms with Gasteiger partial charge in [-0.1, -0.05) is 30.3 Å². The second kappa shape index (κ2) is 9.32. The Labute approximate surface area is 185 Å². The number of ether oxygens (including phenoxy) is 1. The number of carbonyl (C=O) groups excluding carboxylic acids is 1. The minimum Gasteiger partial charge on any atom is -0.372 e. The van der Waals surface area contributed by atoms with E-state index in [4.69, 9.17) is 4.74 Å². The zero-order valence-electron chi connectivity index (χ0n) is 18.0. The van der Waals surface area contributed by atoms with Gasteiger partial charge >= 0.3 is 0 Å². The number of nitrogens with zero attached hydrogens (tertiary/aromatic N) is 3. The molecular weight excluding hydrogens is 411 g/mol. The number of morpholine rings is 1. The van der Waals surface area contributed by atoms with Crippen LogP contribution in [0, 0.1) is 5.82 Å². The van der Waals surface area contributed by atoms with E-state index in [0.717, 1.165) is 10.2 Å². The van der Waals surface area contributed by atoms with E-state index in [2.05, 4.69) is 10.4 Å². The van der Waals surface area contributed by atoms with Crippen molar-refractivity contribution in [2.24, 2.45) is 0 Å². The third kappa shape index (κ3) is 5.03. The molecule has 3 aromatic rings. The van der Waals surface area contributed by atoms with Gasteiger partial charge in [-0.05, 0) is 38.1 Å². The van der Waals surface area contributed by atoms with Crippen molar-refractivity contribution in [1.82, 2.24) is 9.78 Å². The third-order valence-corrected chi connectivity index (χ3v) is 5.22. The number of nitrogens with one attached hydrogen (secondary N) is 1. The first-order valence-electron chi connectivity index (χ1n) is 10.5. The molecular formula is C24H25FN4O3. The van der Waals surface area contributed by atoms with Gasteiger partial charge in [0.15, 0.2) is 0 Å². The second-order valence-electron chi connectivity index (χ2n) is 7.96. The molecule has 7 nitrogen and oxygen atoms in total. The van der Waals surface area contributed by atoms with E-state index in [1.54, 1.807) is 18.2 Å². The number of anilines is 2. The van der Waals surface area contributed by atoms with Gasteiger partial charge in [0.1, 0.15) is 12.4 Å². The van der Waals surface area contributed by atoms with Gasteiger partial charge in [0, 0.05) is 30.4 Å². The van der Waals surface area contributed by atoms with Crippen LogP contribution in [0.3, 0.4) is 0 Å². The van der Waals surface area contributed by atoms with Crippen LogP contribution in [-0.4, -0.2) is 41.0 Å². The number of benzene rings is 2. The fraction of sp³-hybridized carbons (Fsp3) is 0.292. The molecule has 8 heteroatoms. The Morgan fingerprint density at radius 2 is 1.81 bits per heavy atom. The van der Waals surface area contributed by atoms with E-state index in [1.165, 1.54) is 12.1 Å². The van der Waals surface area contributed by atoms with E-state index in [0.29, 0.717) is 30.2 Å². The predicted octanol–water partition coefficient (Wildman–Crippen LogP) is 3.30. The number of halogens is 1. The normalized spacial score (nSPS) is 18.4. The molecule has 0 aliphatic carbocycles. The van der Waals surface area contributed by atoms with Crippen molar-refractivity contribution in [3.63, 3.8) is 0 Å². The van der Waals surface area contributed by atoms with Gasteiger partial charge in [0.2, 0.25) is 5.91 Å². The number of hydrogen-bond donors (Lipinski definition) is 1. The summed E-state index contributed by atoms with van der Waals surface area (Å²) in [4.78, 5) is 26.6. The lowest BCUT2D eigenvalue weighted by Crippen LogP contribution is -2.45. The van der Waals surface area contributed by atoms with E-state index in [1.807, 2.05) is 49.1 Å². The minimum absolute atomic E-state index is 0.00925. The molecule has 1 fully saturated rings. The zero-order valence-corrected chi connectivity index (χ0v) is 18.0. The van der Waals surface area contributed by atoms with E-state index < -0.39 is 17.3 Å². The molecule has 0 spiro atoms. The van der Waals surface area contributed by atoms with Crippen molar-refractivity contribution in [3.05, 3.63) is 76.8 Å². The molecule has 0 bridgehead atoms. The summed E-state index contributed by atoms with van der Waals surface area (Å²) in [5.74, 6) is -0.893. The summed E-state index contributed by atoms with van der Waals surface area (Å²) in [7, 11) is 0. The monoisotopic (exact) mass is 436 g/mol. The summed E-state index contributed by atoms with van der Waals surface area (Å²) in [6.07, 6.45) is 0.0185. The van der Waals surface area contributed by atoms with Crippen molar-refractivity contribution in [1.29, 1.82) is 0 Å². The highest BCUT2D eigenvalue weighted by molar-refractivity contribution is 5.90. The number of hydrogen-bond acceptors (Lipinski definition) is 5. The minimum atomic E-state index is -0.467. The average molecular weight is 436 g/mol. The molecule has 2 aromatic carbocycles. The highest BCUT2D eigenvalue weighted by atomic mass is 19.1. The van der Waals surface area contributed by atoms with E-state index >= 15 is 0 Å². The lowest BCUT2D eigenvalue weighted by Gasteiger charge is -2.37. The van der Waals surface area contributed by atoms with Gasteiger partial charge in [-0.15, -0.1) is 0 Å². The maximum absolute atomic E-state index is 14.8. The summed E-state index contributed by atoms with van der Waals surface area (Å²) in [6.45, 7) is 4.83. The number of carbonyl (C=O) groups is 1. The predicted molar refractivity (Wildman–Crippen MR) is 121 cm³/mol. The standard InChI is InChI=1S/C24H25FN4O3/c1-16-13-28(14-17(2)32-16)22-10-8-19(12-20(22)25)26-23(30)15-29-24(31)11-9-21(27-29)18-6-4-3-5-7-18/h3-12,16-17H,13-15H2,1-2H3,(H,26,30). The summed E-state index contributed by atoms with van der Waals surface area (Å²) in [5.41, 5.74) is 1.82. The van der Waals surface area contributed by atoms with Crippen LogP contribution in [0.4, 0.5) is 15.8 Å². The van der Waals surface area contributed by atoms with Crippen LogP contribution in [-0.2, 0) is 16.1 Å². The van der Waals surface area contributed by atoms with E-state index in [9.17, 15) is 14.0 Å². The van der Waals surface area contributed by atoms with Crippen molar-refractivity contribution in [3.8, 4) is 11.3 Å². The molecule has 32 heavy (non-hydrogen) atoms. The maximum atomic E-state index is 14.8. The van der Waals surface area contributed by atoms with Crippen LogP contribution >= 0.6 is 0 Å². The Morgan fingerprint density at radius 1 is 1.09 bits per heavy atom. The van der Waals surface area contributed by atoms with Crippen molar-refractivity contribution in [2.75, 3.05) is 23.3 Å². The molecule has 1 saturated heterocycles. The molecule has 166 valence electrons. The van der Waals surface area contributed by atoms with Crippen LogP contribution in [0.1, 0.15) is 13.8 Å². The smallest absolute Gasteiger partial charge is 0.267 e. The molecule has 1 N–H and O–H groups in total. The topological polar surface area (TPSA) is 76.5 Å². The second-order valence-corrected chi connectivity index (χ2v) is 7.96. The quantitative estimate of drug-likeness (QED) is 0.664. The first kappa shape index (κ1) is 21.7.